The van der Waals surface area contributed by atoms with Gasteiger partial charge in [-0.15, -0.1) is 0 Å². The van der Waals surface area contributed by atoms with Crippen molar-refractivity contribution in [3.63, 3.8) is 0 Å². The number of aromatic nitrogens is 1. The maximum absolute atomic E-state index is 5.53. The molecule has 6 heteroatoms. The predicted octanol–water partition coefficient (Wildman–Crippen LogP) is 4.53. The summed E-state index contributed by atoms with van der Waals surface area (Å²) < 4.78 is 27.1. The molecule has 0 radical (unpaired) electrons. The summed E-state index contributed by atoms with van der Waals surface area (Å²) in [6, 6.07) is 9.64. The number of nitrogens with zero attached hydrogens (tertiary/aromatic N) is 1. The van der Waals surface area contributed by atoms with E-state index in [1.807, 2.05) is 42.5 Å². The zero-order valence-corrected chi connectivity index (χ0v) is 17.3. The number of hydrogen-bond donors (Lipinski definition) is 0. The van der Waals surface area contributed by atoms with Crippen molar-refractivity contribution in [1.29, 1.82) is 0 Å². The van der Waals surface area contributed by atoms with Gasteiger partial charge in [-0.2, -0.15) is 0 Å². The minimum atomic E-state index is 0.557. The molecule has 0 aliphatic carbocycles. The van der Waals surface area contributed by atoms with E-state index in [9.17, 15) is 0 Å². The van der Waals surface area contributed by atoms with Gasteiger partial charge < -0.3 is 23.7 Å². The zero-order valence-electron chi connectivity index (χ0n) is 17.3. The number of allylic oxidation sites excluding steroid dienone is 1. The van der Waals surface area contributed by atoms with Crippen molar-refractivity contribution in [2.75, 3.05) is 35.5 Å². The summed E-state index contributed by atoms with van der Waals surface area (Å²) in [6.07, 6.45) is 6.50. The highest BCUT2D eigenvalue weighted by Crippen LogP contribution is 2.43. The van der Waals surface area contributed by atoms with Crippen LogP contribution < -0.4 is 23.7 Å². The third kappa shape index (κ3) is 4.21. The van der Waals surface area contributed by atoms with E-state index in [-0.39, 0.29) is 0 Å². The molecule has 0 saturated carbocycles. The summed E-state index contributed by atoms with van der Waals surface area (Å²) in [4.78, 5) is 4.57. The fourth-order valence-corrected chi connectivity index (χ4v) is 3.20. The molecule has 0 aliphatic heterocycles. The van der Waals surface area contributed by atoms with E-state index >= 15 is 0 Å². The van der Waals surface area contributed by atoms with Gasteiger partial charge in [0.05, 0.1) is 35.5 Å². The molecule has 0 N–H and O–H groups in total. The van der Waals surface area contributed by atoms with E-state index in [0.29, 0.717) is 23.7 Å². The summed E-state index contributed by atoms with van der Waals surface area (Å²) in [7, 11) is 8.10. The number of hydrogen-bond acceptors (Lipinski definition) is 6. The van der Waals surface area contributed by atoms with Crippen molar-refractivity contribution < 1.29 is 23.7 Å². The summed E-state index contributed by atoms with van der Waals surface area (Å²) in [5.74, 6) is 3.35. The van der Waals surface area contributed by atoms with Gasteiger partial charge in [-0.1, -0.05) is 12.2 Å². The Bertz CT molecular complexity index is 1030. The minimum Gasteiger partial charge on any atom is -0.497 e. The van der Waals surface area contributed by atoms with E-state index in [4.69, 9.17) is 23.7 Å². The molecule has 29 heavy (non-hydrogen) atoms. The summed E-state index contributed by atoms with van der Waals surface area (Å²) in [5, 5.41) is 1.84. The Balaban J connectivity index is 1.91. The molecular formula is C23H25NO5. The van der Waals surface area contributed by atoms with Crippen LogP contribution in [0.4, 0.5) is 0 Å². The molecule has 0 amide bonds. The van der Waals surface area contributed by atoms with Crippen LogP contribution in [0.5, 0.6) is 28.7 Å². The van der Waals surface area contributed by atoms with Crippen molar-refractivity contribution in [1.82, 2.24) is 4.98 Å². The Morgan fingerprint density at radius 3 is 2.21 bits per heavy atom. The molecule has 6 nitrogen and oxygen atoms in total. The first kappa shape index (κ1) is 20.3. The molecule has 1 heterocycles. The lowest BCUT2D eigenvalue weighted by Gasteiger charge is -2.14. The smallest absolute Gasteiger partial charge is 0.204 e. The second-order valence-corrected chi connectivity index (χ2v) is 6.26. The van der Waals surface area contributed by atoms with Crippen molar-refractivity contribution in [3.05, 3.63) is 53.9 Å². The van der Waals surface area contributed by atoms with E-state index in [0.717, 1.165) is 33.5 Å². The molecule has 2 aromatic carbocycles. The van der Waals surface area contributed by atoms with Crippen molar-refractivity contribution >= 4 is 16.8 Å². The molecule has 3 aromatic rings. The van der Waals surface area contributed by atoms with E-state index in [1.54, 1.807) is 41.7 Å². The van der Waals surface area contributed by atoms with Gasteiger partial charge in [0.15, 0.2) is 11.5 Å². The van der Waals surface area contributed by atoms with Crippen LogP contribution >= 0.6 is 0 Å². The lowest BCUT2D eigenvalue weighted by Crippen LogP contribution is -1.97. The lowest BCUT2D eigenvalue weighted by molar-refractivity contribution is 0.327. The third-order valence-corrected chi connectivity index (χ3v) is 4.64. The minimum absolute atomic E-state index is 0.557. The Kier molecular flexibility index (Phi) is 6.44. The van der Waals surface area contributed by atoms with Crippen molar-refractivity contribution in [2.45, 2.75) is 6.42 Å². The highest BCUT2D eigenvalue weighted by Gasteiger charge is 2.16. The quantitative estimate of drug-likeness (QED) is 0.558. The molecule has 3 rings (SSSR count). The van der Waals surface area contributed by atoms with Crippen LogP contribution in [0.2, 0.25) is 0 Å². The van der Waals surface area contributed by atoms with Crippen LogP contribution in [0.25, 0.3) is 16.8 Å². The van der Waals surface area contributed by atoms with Crippen molar-refractivity contribution in [3.8, 4) is 28.7 Å². The number of fused-ring (bicyclic) bond motifs is 1. The van der Waals surface area contributed by atoms with E-state index in [1.165, 1.54) is 0 Å². The van der Waals surface area contributed by atoms with Crippen LogP contribution in [0.3, 0.4) is 0 Å². The molecular weight excluding hydrogens is 370 g/mol. The van der Waals surface area contributed by atoms with Gasteiger partial charge in [0, 0.05) is 29.3 Å². The summed E-state index contributed by atoms with van der Waals surface area (Å²) in [6.45, 7) is 0. The highest BCUT2D eigenvalue weighted by atomic mass is 16.5. The molecule has 0 atom stereocenters. The zero-order chi connectivity index (χ0) is 20.8. The number of rotatable bonds is 8. The summed E-state index contributed by atoms with van der Waals surface area (Å²) in [5.41, 5.74) is 1.87. The molecule has 0 fully saturated rings. The molecule has 0 spiro atoms. The average Bonchev–Trinajstić information content (AvgIpc) is 2.77. The third-order valence-electron chi connectivity index (χ3n) is 4.64. The van der Waals surface area contributed by atoms with Crippen LogP contribution in [0, 0.1) is 0 Å². The monoisotopic (exact) mass is 395 g/mol. The standard InChI is InChI=1S/C23H25NO5/c1-25-18-9-10-20(26-2)15(12-18)7-6-8-17-11-16-13-21(27-3)23(29-5)22(28-4)19(16)14-24-17/h6-7,9-14H,8H2,1-5H3/b7-6+. The Morgan fingerprint density at radius 2 is 1.55 bits per heavy atom. The first-order valence-electron chi connectivity index (χ1n) is 9.11. The number of benzene rings is 2. The van der Waals surface area contributed by atoms with Crippen LogP contribution in [-0.2, 0) is 6.42 Å². The lowest BCUT2D eigenvalue weighted by atomic mass is 10.1. The Hall–Kier alpha value is -3.41. The summed E-state index contributed by atoms with van der Waals surface area (Å²) >= 11 is 0. The van der Waals surface area contributed by atoms with Gasteiger partial charge in [0.2, 0.25) is 5.75 Å². The van der Waals surface area contributed by atoms with Crippen LogP contribution in [0.1, 0.15) is 11.3 Å². The first-order chi connectivity index (χ1) is 14.1. The molecule has 0 bridgehead atoms. The second kappa shape index (κ2) is 9.19. The topological polar surface area (TPSA) is 59.0 Å². The fourth-order valence-electron chi connectivity index (χ4n) is 3.20. The largest absolute Gasteiger partial charge is 0.497 e. The SMILES string of the molecule is COc1ccc(OC)c(/C=C/Cc2cc3cc(OC)c(OC)c(OC)c3cn2)c1. The van der Waals surface area contributed by atoms with E-state index < -0.39 is 0 Å². The number of pyridine rings is 1. The highest BCUT2D eigenvalue weighted by molar-refractivity contribution is 5.92. The molecule has 1 aromatic heterocycles. The second-order valence-electron chi connectivity index (χ2n) is 6.26. The average molecular weight is 395 g/mol. The maximum Gasteiger partial charge on any atom is 0.204 e. The van der Waals surface area contributed by atoms with Crippen molar-refractivity contribution in [2.24, 2.45) is 0 Å². The van der Waals surface area contributed by atoms with Gasteiger partial charge in [0.25, 0.3) is 0 Å². The number of ether oxygens (including phenoxy) is 5. The van der Waals surface area contributed by atoms with Gasteiger partial charge in [-0.25, -0.2) is 0 Å². The molecule has 152 valence electrons. The predicted molar refractivity (Wildman–Crippen MR) is 114 cm³/mol. The Morgan fingerprint density at radius 1 is 0.793 bits per heavy atom. The Labute approximate surface area is 170 Å². The fraction of sp³-hybridized carbons (Fsp3) is 0.261. The normalized spacial score (nSPS) is 10.9. The van der Waals surface area contributed by atoms with Crippen LogP contribution in [-0.4, -0.2) is 40.5 Å². The van der Waals surface area contributed by atoms with Gasteiger partial charge in [0.1, 0.15) is 11.5 Å². The molecule has 0 aliphatic rings. The maximum atomic E-state index is 5.53. The number of methoxy groups -OCH3 is 5. The van der Waals surface area contributed by atoms with Gasteiger partial charge in [-0.3, -0.25) is 4.98 Å². The van der Waals surface area contributed by atoms with Gasteiger partial charge >= 0.3 is 0 Å². The first-order valence-corrected chi connectivity index (χ1v) is 9.11. The van der Waals surface area contributed by atoms with Gasteiger partial charge in [-0.05, 0) is 35.7 Å². The molecule has 0 saturated heterocycles. The van der Waals surface area contributed by atoms with E-state index in [2.05, 4.69) is 4.98 Å². The van der Waals surface area contributed by atoms with Crippen LogP contribution in [0.15, 0.2) is 42.6 Å². The molecule has 0 unspecified atom stereocenters.